The first-order valence-electron chi connectivity index (χ1n) is 5.60. The van der Waals surface area contributed by atoms with Crippen molar-refractivity contribution in [2.45, 2.75) is 40.2 Å². The Morgan fingerprint density at radius 3 is 2.18 bits per heavy atom. The van der Waals surface area contributed by atoms with Crippen LogP contribution in [0.2, 0.25) is 0 Å². The van der Waals surface area contributed by atoms with Gasteiger partial charge in [0.2, 0.25) is 0 Å². The van der Waals surface area contributed by atoms with E-state index in [-0.39, 0.29) is 11.0 Å². The number of halogens is 1. The van der Waals surface area contributed by atoms with Crippen LogP contribution in [0.3, 0.4) is 0 Å². The van der Waals surface area contributed by atoms with Gasteiger partial charge in [-0.05, 0) is 32.0 Å². The van der Waals surface area contributed by atoms with E-state index >= 15 is 0 Å². The van der Waals surface area contributed by atoms with Crippen LogP contribution in [0.1, 0.15) is 45.0 Å². The number of aldehydes is 1. The molecule has 3 heteroatoms. The van der Waals surface area contributed by atoms with Crippen LogP contribution in [-0.4, -0.2) is 11.9 Å². The van der Waals surface area contributed by atoms with Gasteiger partial charge in [-0.1, -0.05) is 36.7 Å². The fourth-order valence-corrected chi connectivity index (χ4v) is 1.65. The fourth-order valence-electron chi connectivity index (χ4n) is 1.16. The molecule has 0 heterocycles. The monoisotopic (exact) mass is 298 g/mol. The Labute approximate surface area is 111 Å². The van der Waals surface area contributed by atoms with Crippen molar-refractivity contribution in [2.75, 3.05) is 0 Å². The van der Waals surface area contributed by atoms with Crippen LogP contribution in [-0.2, 0) is 0 Å². The van der Waals surface area contributed by atoms with Crippen LogP contribution in [0.5, 0.6) is 5.75 Å². The van der Waals surface area contributed by atoms with Gasteiger partial charge in [0.1, 0.15) is 17.6 Å². The van der Waals surface area contributed by atoms with E-state index in [2.05, 4.69) is 50.5 Å². The molecule has 1 rings (SSSR count). The van der Waals surface area contributed by atoms with E-state index in [1.54, 1.807) is 12.1 Å². The van der Waals surface area contributed by atoms with Crippen LogP contribution in [0.25, 0.3) is 0 Å². The minimum absolute atomic E-state index is 0.0106. The minimum Gasteiger partial charge on any atom is -0.487 e. The number of hydrogen-bond acceptors (Lipinski definition) is 2. The molecule has 1 aromatic rings. The summed E-state index contributed by atoms with van der Waals surface area (Å²) in [6.07, 6.45) is 0.821. The molecule has 0 N–H and O–H groups in total. The van der Waals surface area contributed by atoms with Crippen molar-refractivity contribution < 1.29 is 9.53 Å². The first-order valence-corrected chi connectivity index (χ1v) is 6.40. The van der Waals surface area contributed by atoms with E-state index in [0.29, 0.717) is 11.3 Å². The Morgan fingerprint density at radius 2 is 1.71 bits per heavy atom. The van der Waals surface area contributed by atoms with Gasteiger partial charge in [0.15, 0.2) is 0 Å². The molecule has 2 nitrogen and oxygen atoms in total. The molecule has 0 radical (unpaired) electrons. The largest absolute Gasteiger partial charge is 0.487 e. The highest BCUT2D eigenvalue weighted by molar-refractivity contribution is 9.10. The fraction of sp³-hybridized carbons (Fsp3) is 0.500. The molecule has 0 aliphatic rings. The molecule has 0 amide bonds. The smallest absolute Gasteiger partial charge is 0.150 e. The maximum absolute atomic E-state index is 10.8. The Balaban J connectivity index is 3.03. The zero-order valence-electron chi connectivity index (χ0n) is 11.0. The second-order valence-electron chi connectivity index (χ2n) is 5.70. The standard InChI is InChI=1S/C14H19BrO2/c1-13(2,3)14(4,5)17-12-7-10(9-16)6-11(15)8-12/h6-9H,1-5H3. The van der Waals surface area contributed by atoms with Gasteiger partial charge in [0, 0.05) is 15.5 Å². The molecule has 17 heavy (non-hydrogen) atoms. The summed E-state index contributed by atoms with van der Waals surface area (Å²) < 4.78 is 6.85. The Bertz CT molecular complexity index is 417. The molecule has 0 aromatic heterocycles. The van der Waals surface area contributed by atoms with Crippen LogP contribution >= 0.6 is 15.9 Å². The third-order valence-corrected chi connectivity index (χ3v) is 3.67. The molecule has 0 aliphatic heterocycles. The van der Waals surface area contributed by atoms with Crippen molar-refractivity contribution in [3.8, 4) is 5.75 Å². The van der Waals surface area contributed by atoms with Crippen LogP contribution in [0.4, 0.5) is 0 Å². The van der Waals surface area contributed by atoms with Crippen molar-refractivity contribution in [1.29, 1.82) is 0 Å². The lowest BCUT2D eigenvalue weighted by Gasteiger charge is -2.39. The average molecular weight is 299 g/mol. The number of ether oxygens (including phenoxy) is 1. The van der Waals surface area contributed by atoms with E-state index in [1.807, 2.05) is 6.07 Å². The molecule has 0 atom stereocenters. The number of rotatable bonds is 3. The normalized spacial score (nSPS) is 12.4. The van der Waals surface area contributed by atoms with Crippen LogP contribution < -0.4 is 4.74 Å². The molecule has 0 spiro atoms. The summed E-state index contributed by atoms with van der Waals surface area (Å²) >= 11 is 3.37. The predicted molar refractivity (Wildman–Crippen MR) is 73.7 cm³/mol. The Morgan fingerprint density at radius 1 is 1.12 bits per heavy atom. The lowest BCUT2D eigenvalue weighted by molar-refractivity contribution is 0.000725. The van der Waals surface area contributed by atoms with Gasteiger partial charge in [-0.2, -0.15) is 0 Å². The van der Waals surface area contributed by atoms with Crippen LogP contribution in [0.15, 0.2) is 22.7 Å². The van der Waals surface area contributed by atoms with Gasteiger partial charge in [-0.3, -0.25) is 4.79 Å². The number of carbonyl (C=O) groups excluding carboxylic acids is 1. The first kappa shape index (κ1) is 14.2. The molecular formula is C14H19BrO2. The van der Waals surface area contributed by atoms with Crippen molar-refractivity contribution in [1.82, 2.24) is 0 Å². The van der Waals surface area contributed by atoms with Gasteiger partial charge < -0.3 is 4.74 Å². The molecule has 0 aliphatic carbocycles. The van der Waals surface area contributed by atoms with E-state index in [1.165, 1.54) is 0 Å². The van der Waals surface area contributed by atoms with Gasteiger partial charge in [-0.25, -0.2) is 0 Å². The third-order valence-electron chi connectivity index (χ3n) is 3.21. The maximum Gasteiger partial charge on any atom is 0.150 e. The first-order chi connectivity index (χ1) is 7.65. The van der Waals surface area contributed by atoms with Crippen molar-refractivity contribution in [2.24, 2.45) is 5.41 Å². The van der Waals surface area contributed by atoms with Crippen LogP contribution in [0, 0.1) is 5.41 Å². The summed E-state index contributed by atoms with van der Waals surface area (Å²) in [5.74, 6) is 0.710. The predicted octanol–water partition coefficient (Wildman–Crippen LogP) is 4.47. The summed E-state index contributed by atoms with van der Waals surface area (Å²) in [6.45, 7) is 10.5. The van der Waals surface area contributed by atoms with E-state index in [4.69, 9.17) is 4.74 Å². The zero-order chi connectivity index (χ0) is 13.3. The summed E-state index contributed by atoms with van der Waals surface area (Å²) in [4.78, 5) is 10.8. The van der Waals surface area contributed by atoms with Crippen molar-refractivity contribution in [3.05, 3.63) is 28.2 Å². The molecule has 0 fully saturated rings. The zero-order valence-corrected chi connectivity index (χ0v) is 12.6. The summed E-state index contributed by atoms with van der Waals surface area (Å²) in [5, 5.41) is 0. The summed E-state index contributed by atoms with van der Waals surface area (Å²) in [5.41, 5.74) is 0.309. The molecule has 94 valence electrons. The van der Waals surface area contributed by atoms with Crippen molar-refractivity contribution in [3.63, 3.8) is 0 Å². The highest BCUT2D eigenvalue weighted by Crippen LogP contribution is 2.35. The van der Waals surface area contributed by atoms with Gasteiger partial charge in [0.05, 0.1) is 0 Å². The molecule has 0 bridgehead atoms. The quantitative estimate of drug-likeness (QED) is 0.770. The second-order valence-corrected chi connectivity index (χ2v) is 6.62. The van der Waals surface area contributed by atoms with Crippen molar-refractivity contribution >= 4 is 22.2 Å². The SMILES string of the molecule is CC(C)(C)C(C)(C)Oc1cc(Br)cc(C=O)c1. The number of hydrogen-bond donors (Lipinski definition) is 0. The topological polar surface area (TPSA) is 26.3 Å². The maximum atomic E-state index is 10.8. The van der Waals surface area contributed by atoms with E-state index < -0.39 is 0 Å². The van der Waals surface area contributed by atoms with Gasteiger partial charge in [-0.15, -0.1) is 0 Å². The number of carbonyl (C=O) groups is 1. The Kier molecular flexibility index (Phi) is 4.03. The minimum atomic E-state index is -0.312. The Hall–Kier alpha value is -0.830. The summed E-state index contributed by atoms with van der Waals surface area (Å²) in [6, 6.07) is 5.40. The third kappa shape index (κ3) is 3.56. The average Bonchev–Trinajstić information content (AvgIpc) is 2.14. The molecule has 1 aromatic carbocycles. The highest BCUT2D eigenvalue weighted by Gasteiger charge is 2.35. The van der Waals surface area contributed by atoms with Gasteiger partial charge >= 0.3 is 0 Å². The molecular weight excluding hydrogens is 280 g/mol. The lowest BCUT2D eigenvalue weighted by atomic mass is 9.79. The van der Waals surface area contributed by atoms with E-state index in [9.17, 15) is 4.79 Å². The van der Waals surface area contributed by atoms with Gasteiger partial charge in [0.25, 0.3) is 0 Å². The lowest BCUT2D eigenvalue weighted by Crippen LogP contribution is -2.42. The molecule has 0 unspecified atom stereocenters. The molecule has 0 saturated carbocycles. The highest BCUT2D eigenvalue weighted by atomic mass is 79.9. The summed E-state index contributed by atoms with van der Waals surface area (Å²) in [7, 11) is 0. The number of benzene rings is 1. The van der Waals surface area contributed by atoms with E-state index in [0.717, 1.165) is 10.8 Å². The molecule has 0 saturated heterocycles. The second kappa shape index (κ2) is 4.81.